The Labute approximate surface area is 183 Å². The molecule has 0 fully saturated rings. The van der Waals surface area contributed by atoms with Gasteiger partial charge >= 0.3 is 5.97 Å². The van der Waals surface area contributed by atoms with Gasteiger partial charge in [0.15, 0.2) is 11.5 Å². The third-order valence-electron chi connectivity index (χ3n) is 4.05. The average Bonchev–Trinajstić information content (AvgIpc) is 2.76. The molecule has 3 aromatic rings. The zero-order valence-electron chi connectivity index (χ0n) is 16.5. The molecule has 6 nitrogen and oxygen atoms in total. The Kier molecular flexibility index (Phi) is 7.35. The minimum atomic E-state index is -0.673. The first-order valence-electron chi connectivity index (χ1n) is 9.30. The number of hydrogen-bond acceptors (Lipinski definition) is 5. The molecule has 0 aliphatic carbocycles. The number of amides is 1. The van der Waals surface area contributed by atoms with Crippen LogP contribution >= 0.6 is 11.6 Å². The Bertz CT molecular complexity index is 1120. The van der Waals surface area contributed by atoms with Crippen molar-refractivity contribution in [3.63, 3.8) is 0 Å². The first-order chi connectivity index (χ1) is 15.0. The highest BCUT2D eigenvalue weighted by Crippen LogP contribution is 2.29. The highest BCUT2D eigenvalue weighted by Gasteiger charge is 2.13. The number of carbonyl (C=O) groups is 2. The maximum Gasteiger partial charge on any atom is 0.343 e. The van der Waals surface area contributed by atoms with E-state index in [4.69, 9.17) is 21.1 Å². The molecule has 1 N–H and O–H groups in total. The Balaban J connectivity index is 1.71. The lowest BCUT2D eigenvalue weighted by Gasteiger charge is -2.11. The van der Waals surface area contributed by atoms with Crippen molar-refractivity contribution in [2.24, 2.45) is 5.10 Å². The minimum Gasteiger partial charge on any atom is -0.490 e. The molecule has 0 atom stereocenters. The zero-order chi connectivity index (χ0) is 22.2. The fraction of sp³-hybridized carbons (Fsp3) is 0.0870. The normalized spacial score (nSPS) is 10.7. The highest BCUT2D eigenvalue weighted by atomic mass is 35.5. The molecule has 3 aromatic carbocycles. The van der Waals surface area contributed by atoms with Crippen LogP contribution in [-0.4, -0.2) is 24.7 Å². The van der Waals surface area contributed by atoms with E-state index in [0.29, 0.717) is 28.5 Å². The van der Waals surface area contributed by atoms with Gasteiger partial charge in [-0.3, -0.25) is 4.79 Å². The summed E-state index contributed by atoms with van der Waals surface area (Å²) in [5, 5.41) is 4.35. The maximum absolute atomic E-state index is 13.6. The number of nitrogens with one attached hydrogen (secondary N) is 1. The van der Waals surface area contributed by atoms with Gasteiger partial charge in [-0.05, 0) is 67.1 Å². The lowest BCUT2D eigenvalue weighted by atomic mass is 10.2. The molecule has 0 heterocycles. The molecule has 8 heteroatoms. The van der Waals surface area contributed by atoms with Crippen LogP contribution in [-0.2, 0) is 0 Å². The topological polar surface area (TPSA) is 77.0 Å². The summed E-state index contributed by atoms with van der Waals surface area (Å²) in [6.45, 7) is 2.14. The summed E-state index contributed by atoms with van der Waals surface area (Å²) in [6.07, 6.45) is 1.37. The van der Waals surface area contributed by atoms with Gasteiger partial charge < -0.3 is 9.47 Å². The third kappa shape index (κ3) is 5.90. The van der Waals surface area contributed by atoms with E-state index in [1.807, 2.05) is 0 Å². The monoisotopic (exact) mass is 440 g/mol. The van der Waals surface area contributed by atoms with Gasteiger partial charge in [0.2, 0.25) is 0 Å². The second kappa shape index (κ2) is 10.4. The summed E-state index contributed by atoms with van der Waals surface area (Å²) in [5.41, 5.74) is 3.07. The fourth-order valence-corrected chi connectivity index (χ4v) is 2.70. The van der Waals surface area contributed by atoms with E-state index in [-0.39, 0.29) is 11.3 Å². The number of ether oxygens (including phenoxy) is 2. The predicted octanol–water partition coefficient (Wildman–Crippen LogP) is 4.86. The summed E-state index contributed by atoms with van der Waals surface area (Å²) in [5.74, 6) is -1.31. The van der Waals surface area contributed by atoms with E-state index in [1.165, 1.54) is 24.4 Å². The fourth-order valence-electron chi connectivity index (χ4n) is 2.57. The number of hydrazone groups is 1. The quantitative estimate of drug-likeness (QED) is 0.246. The van der Waals surface area contributed by atoms with E-state index >= 15 is 0 Å². The van der Waals surface area contributed by atoms with Crippen molar-refractivity contribution >= 4 is 29.7 Å². The lowest BCUT2D eigenvalue weighted by Crippen LogP contribution is -2.18. The standard InChI is InChI=1S/C23H18ClFN2O4/c1-2-30-21-13-15(14-26-27-22(28)18-5-3-4-6-19(18)25)7-12-20(21)31-23(29)16-8-10-17(24)11-9-16/h3-14H,2H2,1H3,(H,27,28)/b26-14+. The summed E-state index contributed by atoms with van der Waals surface area (Å²) in [6, 6.07) is 16.7. The van der Waals surface area contributed by atoms with Gasteiger partial charge in [-0.1, -0.05) is 23.7 Å². The minimum absolute atomic E-state index is 0.112. The van der Waals surface area contributed by atoms with Gasteiger partial charge in [0.05, 0.1) is 23.9 Å². The molecule has 0 unspecified atom stereocenters. The van der Waals surface area contributed by atoms with Crippen molar-refractivity contribution in [3.05, 3.63) is 94.3 Å². The van der Waals surface area contributed by atoms with Crippen LogP contribution in [0.3, 0.4) is 0 Å². The van der Waals surface area contributed by atoms with Gasteiger partial charge in [-0.15, -0.1) is 0 Å². The molecule has 0 aliphatic rings. The van der Waals surface area contributed by atoms with E-state index in [1.54, 1.807) is 55.5 Å². The number of rotatable bonds is 7. The van der Waals surface area contributed by atoms with Crippen LogP contribution in [0.5, 0.6) is 11.5 Å². The van der Waals surface area contributed by atoms with E-state index < -0.39 is 17.7 Å². The van der Waals surface area contributed by atoms with Gasteiger partial charge in [0.1, 0.15) is 5.82 Å². The number of hydrogen-bond donors (Lipinski definition) is 1. The van der Waals surface area contributed by atoms with Crippen molar-refractivity contribution < 1.29 is 23.5 Å². The van der Waals surface area contributed by atoms with Crippen molar-refractivity contribution in [3.8, 4) is 11.5 Å². The smallest absolute Gasteiger partial charge is 0.343 e. The molecule has 0 saturated heterocycles. The molecule has 1 amide bonds. The van der Waals surface area contributed by atoms with Gasteiger partial charge in [0.25, 0.3) is 5.91 Å². The van der Waals surface area contributed by atoms with E-state index in [9.17, 15) is 14.0 Å². The van der Waals surface area contributed by atoms with Crippen LogP contribution in [0.4, 0.5) is 4.39 Å². The summed E-state index contributed by atoms with van der Waals surface area (Å²) in [4.78, 5) is 24.4. The predicted molar refractivity (Wildman–Crippen MR) is 115 cm³/mol. The van der Waals surface area contributed by atoms with Crippen molar-refractivity contribution in [1.29, 1.82) is 0 Å². The summed E-state index contributed by atoms with van der Waals surface area (Å²) in [7, 11) is 0. The van der Waals surface area contributed by atoms with Crippen LogP contribution in [0.1, 0.15) is 33.2 Å². The Hall–Kier alpha value is -3.71. The van der Waals surface area contributed by atoms with Crippen LogP contribution in [0.25, 0.3) is 0 Å². The maximum atomic E-state index is 13.6. The third-order valence-corrected chi connectivity index (χ3v) is 4.30. The molecule has 3 rings (SSSR count). The first kappa shape index (κ1) is 22.0. The van der Waals surface area contributed by atoms with Gasteiger partial charge in [-0.25, -0.2) is 14.6 Å². The molecule has 158 valence electrons. The van der Waals surface area contributed by atoms with Crippen LogP contribution < -0.4 is 14.9 Å². The van der Waals surface area contributed by atoms with Gasteiger partial charge in [-0.2, -0.15) is 5.10 Å². The second-order valence-electron chi connectivity index (χ2n) is 6.21. The second-order valence-corrected chi connectivity index (χ2v) is 6.65. The number of carbonyl (C=O) groups excluding carboxylic acids is 2. The Morgan fingerprint density at radius 3 is 2.52 bits per heavy atom. The molecule has 0 bridgehead atoms. The molecular formula is C23H18ClFN2O4. The number of benzene rings is 3. The molecule has 31 heavy (non-hydrogen) atoms. The van der Waals surface area contributed by atoms with Gasteiger partial charge in [0, 0.05) is 5.02 Å². The van der Waals surface area contributed by atoms with Crippen molar-refractivity contribution in [1.82, 2.24) is 5.43 Å². The highest BCUT2D eigenvalue weighted by molar-refractivity contribution is 6.30. The molecule has 0 spiro atoms. The number of halogens is 2. The van der Waals surface area contributed by atoms with E-state index in [0.717, 1.165) is 0 Å². The SMILES string of the molecule is CCOc1cc(/C=N/NC(=O)c2ccccc2F)ccc1OC(=O)c1ccc(Cl)cc1. The number of nitrogens with zero attached hydrogens (tertiary/aromatic N) is 1. The van der Waals surface area contributed by atoms with Crippen LogP contribution in [0.2, 0.25) is 5.02 Å². The molecule has 0 aliphatic heterocycles. The molecule has 0 aromatic heterocycles. The summed E-state index contributed by atoms with van der Waals surface area (Å²) < 4.78 is 24.6. The largest absolute Gasteiger partial charge is 0.490 e. The zero-order valence-corrected chi connectivity index (χ0v) is 17.2. The lowest BCUT2D eigenvalue weighted by molar-refractivity contribution is 0.0728. The number of esters is 1. The van der Waals surface area contributed by atoms with E-state index in [2.05, 4.69) is 10.5 Å². The Morgan fingerprint density at radius 2 is 1.81 bits per heavy atom. The Morgan fingerprint density at radius 1 is 1.06 bits per heavy atom. The first-order valence-corrected chi connectivity index (χ1v) is 9.68. The van der Waals surface area contributed by atoms with Crippen LogP contribution in [0, 0.1) is 5.82 Å². The van der Waals surface area contributed by atoms with Crippen molar-refractivity contribution in [2.45, 2.75) is 6.92 Å². The molecule has 0 radical (unpaired) electrons. The average molecular weight is 441 g/mol. The molecule has 0 saturated carbocycles. The summed E-state index contributed by atoms with van der Waals surface area (Å²) >= 11 is 5.83. The van der Waals surface area contributed by atoms with Crippen molar-refractivity contribution in [2.75, 3.05) is 6.61 Å². The van der Waals surface area contributed by atoms with Crippen LogP contribution in [0.15, 0.2) is 71.8 Å². The molecular weight excluding hydrogens is 423 g/mol.